The van der Waals surface area contributed by atoms with Gasteiger partial charge in [-0.15, -0.1) is 0 Å². The SMILES string of the molecule is O=S(=O)(NCC1(c2ccc(F)cc2)CC1)c1c(F)cccc1F. The summed E-state index contributed by atoms with van der Waals surface area (Å²) in [5.41, 5.74) is 0.360. The Morgan fingerprint density at radius 1 is 0.957 bits per heavy atom. The Labute approximate surface area is 132 Å². The maximum Gasteiger partial charge on any atom is 0.246 e. The van der Waals surface area contributed by atoms with E-state index in [2.05, 4.69) is 4.72 Å². The van der Waals surface area contributed by atoms with E-state index in [4.69, 9.17) is 0 Å². The van der Waals surface area contributed by atoms with Crippen LogP contribution in [0.1, 0.15) is 18.4 Å². The molecule has 0 radical (unpaired) electrons. The number of sulfonamides is 1. The van der Waals surface area contributed by atoms with Crippen molar-refractivity contribution in [1.29, 1.82) is 0 Å². The van der Waals surface area contributed by atoms with Gasteiger partial charge in [0.25, 0.3) is 0 Å². The van der Waals surface area contributed by atoms with Crippen LogP contribution in [0.3, 0.4) is 0 Å². The second kappa shape index (κ2) is 5.65. The molecule has 1 aliphatic carbocycles. The highest BCUT2D eigenvalue weighted by Gasteiger charge is 2.45. The van der Waals surface area contributed by atoms with Crippen molar-refractivity contribution in [2.24, 2.45) is 0 Å². The van der Waals surface area contributed by atoms with Gasteiger partial charge in [0.2, 0.25) is 10.0 Å². The van der Waals surface area contributed by atoms with Crippen LogP contribution in [0, 0.1) is 17.5 Å². The molecular weight excluding hydrogens is 327 g/mol. The number of rotatable bonds is 5. The van der Waals surface area contributed by atoms with Crippen molar-refractivity contribution in [2.45, 2.75) is 23.2 Å². The number of halogens is 3. The molecule has 1 saturated carbocycles. The number of nitrogens with one attached hydrogen (secondary N) is 1. The Balaban J connectivity index is 1.81. The van der Waals surface area contributed by atoms with Crippen molar-refractivity contribution < 1.29 is 21.6 Å². The topological polar surface area (TPSA) is 46.2 Å². The van der Waals surface area contributed by atoms with E-state index in [1.165, 1.54) is 12.1 Å². The summed E-state index contributed by atoms with van der Waals surface area (Å²) in [4.78, 5) is -0.977. The first-order chi connectivity index (χ1) is 10.8. The van der Waals surface area contributed by atoms with E-state index in [0.29, 0.717) is 0 Å². The minimum Gasteiger partial charge on any atom is -0.210 e. The highest BCUT2D eigenvalue weighted by Crippen LogP contribution is 2.47. The summed E-state index contributed by atoms with van der Waals surface area (Å²) in [5, 5.41) is 0. The van der Waals surface area contributed by atoms with Crippen molar-refractivity contribution in [3.8, 4) is 0 Å². The third kappa shape index (κ3) is 3.11. The van der Waals surface area contributed by atoms with Gasteiger partial charge in [-0.25, -0.2) is 26.3 Å². The van der Waals surface area contributed by atoms with Crippen LogP contribution in [0.2, 0.25) is 0 Å². The predicted molar refractivity (Wildman–Crippen MR) is 78.9 cm³/mol. The molecule has 0 aromatic heterocycles. The molecule has 0 unspecified atom stereocenters. The lowest BCUT2D eigenvalue weighted by Gasteiger charge is -2.17. The first-order valence-electron chi connectivity index (χ1n) is 7.04. The smallest absolute Gasteiger partial charge is 0.210 e. The Kier molecular flexibility index (Phi) is 3.93. The molecular formula is C16H14F3NO2S. The van der Waals surface area contributed by atoms with Crippen LogP contribution < -0.4 is 4.72 Å². The maximum atomic E-state index is 13.6. The van der Waals surface area contributed by atoms with Crippen LogP contribution in [0.5, 0.6) is 0 Å². The molecule has 1 N–H and O–H groups in total. The van der Waals surface area contributed by atoms with Gasteiger partial charge in [0.05, 0.1) is 0 Å². The fourth-order valence-electron chi connectivity index (χ4n) is 2.57. The molecule has 1 fully saturated rings. The molecule has 3 nitrogen and oxygen atoms in total. The van der Waals surface area contributed by atoms with Crippen LogP contribution in [0.25, 0.3) is 0 Å². The number of benzene rings is 2. The molecule has 0 aliphatic heterocycles. The van der Waals surface area contributed by atoms with E-state index in [0.717, 1.165) is 36.6 Å². The molecule has 23 heavy (non-hydrogen) atoms. The van der Waals surface area contributed by atoms with Crippen molar-refractivity contribution in [3.63, 3.8) is 0 Å². The Bertz CT molecular complexity index is 811. The second-order valence-electron chi connectivity index (χ2n) is 5.66. The third-order valence-electron chi connectivity index (χ3n) is 4.10. The molecule has 0 heterocycles. The first-order valence-corrected chi connectivity index (χ1v) is 8.52. The van der Waals surface area contributed by atoms with E-state index >= 15 is 0 Å². The van der Waals surface area contributed by atoms with Gasteiger partial charge in [0.1, 0.15) is 17.5 Å². The van der Waals surface area contributed by atoms with Crippen LogP contribution >= 0.6 is 0 Å². The maximum absolute atomic E-state index is 13.6. The molecule has 7 heteroatoms. The van der Waals surface area contributed by atoms with Crippen LogP contribution in [0.4, 0.5) is 13.2 Å². The summed E-state index contributed by atoms with van der Waals surface area (Å²) in [7, 11) is -4.31. The zero-order valence-electron chi connectivity index (χ0n) is 12.0. The van der Waals surface area contributed by atoms with E-state index in [-0.39, 0.29) is 12.4 Å². The average molecular weight is 341 g/mol. The Morgan fingerprint density at radius 2 is 1.52 bits per heavy atom. The number of hydrogen-bond acceptors (Lipinski definition) is 2. The second-order valence-corrected chi connectivity index (χ2v) is 7.37. The zero-order valence-corrected chi connectivity index (χ0v) is 12.8. The molecule has 0 saturated heterocycles. The van der Waals surface area contributed by atoms with E-state index in [9.17, 15) is 21.6 Å². The largest absolute Gasteiger partial charge is 0.246 e. The minimum absolute atomic E-state index is 0.00867. The van der Waals surface area contributed by atoms with Gasteiger partial charge < -0.3 is 0 Å². The summed E-state index contributed by atoms with van der Waals surface area (Å²) in [6.45, 7) is 0.00867. The van der Waals surface area contributed by atoms with Crippen molar-refractivity contribution in [2.75, 3.05) is 6.54 Å². The summed E-state index contributed by atoms with van der Waals surface area (Å²) in [6, 6.07) is 8.70. The molecule has 0 atom stereocenters. The van der Waals surface area contributed by atoms with Gasteiger partial charge in [-0.1, -0.05) is 18.2 Å². The van der Waals surface area contributed by atoms with Crippen LogP contribution in [-0.4, -0.2) is 15.0 Å². The molecule has 0 bridgehead atoms. The fourth-order valence-corrected chi connectivity index (χ4v) is 3.83. The molecule has 2 aromatic carbocycles. The van der Waals surface area contributed by atoms with Gasteiger partial charge in [0.15, 0.2) is 4.90 Å². The van der Waals surface area contributed by atoms with Crippen molar-refractivity contribution >= 4 is 10.0 Å². The molecule has 3 rings (SSSR count). The Hall–Kier alpha value is -1.86. The van der Waals surface area contributed by atoms with E-state index in [1.807, 2.05) is 0 Å². The lowest BCUT2D eigenvalue weighted by Crippen LogP contribution is -2.33. The van der Waals surface area contributed by atoms with Gasteiger partial charge in [-0.3, -0.25) is 0 Å². The summed E-state index contributed by atoms with van der Waals surface area (Å²) < 4.78 is 66.9. The molecule has 0 amide bonds. The summed E-state index contributed by atoms with van der Waals surface area (Å²) in [5.74, 6) is -2.65. The predicted octanol–water partition coefficient (Wildman–Crippen LogP) is 3.11. The highest BCUT2D eigenvalue weighted by atomic mass is 32.2. The molecule has 1 aliphatic rings. The van der Waals surface area contributed by atoms with Gasteiger partial charge in [-0.05, 0) is 42.7 Å². The molecule has 0 spiro atoms. The number of hydrogen-bond donors (Lipinski definition) is 1. The van der Waals surface area contributed by atoms with Gasteiger partial charge in [0, 0.05) is 12.0 Å². The van der Waals surface area contributed by atoms with E-state index in [1.54, 1.807) is 12.1 Å². The standard InChI is InChI=1S/C16H14F3NO2S/c17-12-6-4-11(5-7-12)16(8-9-16)10-20-23(21,22)15-13(18)2-1-3-14(15)19/h1-7,20H,8-10H2. The summed E-state index contributed by atoms with van der Waals surface area (Å²) in [6.07, 6.45) is 1.45. The normalized spacial score (nSPS) is 16.3. The fraction of sp³-hybridized carbons (Fsp3) is 0.250. The lowest BCUT2D eigenvalue weighted by atomic mass is 9.96. The minimum atomic E-state index is -4.31. The molecule has 122 valence electrons. The summed E-state index contributed by atoms with van der Waals surface area (Å²) >= 11 is 0. The monoisotopic (exact) mass is 341 g/mol. The van der Waals surface area contributed by atoms with Crippen molar-refractivity contribution in [1.82, 2.24) is 4.72 Å². The first kappa shape index (κ1) is 16.0. The third-order valence-corrected chi connectivity index (χ3v) is 5.55. The van der Waals surface area contributed by atoms with Gasteiger partial charge in [-0.2, -0.15) is 0 Å². The van der Waals surface area contributed by atoms with Gasteiger partial charge >= 0.3 is 0 Å². The average Bonchev–Trinajstić information content (AvgIpc) is 3.27. The molecule has 2 aromatic rings. The van der Waals surface area contributed by atoms with Crippen LogP contribution in [-0.2, 0) is 15.4 Å². The Morgan fingerprint density at radius 3 is 2.04 bits per heavy atom. The van der Waals surface area contributed by atoms with E-state index < -0.39 is 32.0 Å². The quantitative estimate of drug-likeness (QED) is 0.908. The lowest BCUT2D eigenvalue weighted by molar-refractivity contribution is 0.510. The van der Waals surface area contributed by atoms with Crippen LogP contribution in [0.15, 0.2) is 47.4 Å². The van der Waals surface area contributed by atoms with Crippen molar-refractivity contribution in [3.05, 3.63) is 65.5 Å². The highest BCUT2D eigenvalue weighted by molar-refractivity contribution is 7.89. The zero-order chi connectivity index (χ0) is 16.7.